The molecule has 0 aromatic heterocycles. The molecule has 246 valence electrons. The molecule has 0 bridgehead atoms. The lowest BCUT2D eigenvalue weighted by molar-refractivity contribution is -0.139. The zero-order chi connectivity index (χ0) is 30.6. The highest BCUT2D eigenvalue weighted by Crippen LogP contribution is 2.28. The van der Waals surface area contributed by atoms with Crippen LogP contribution in [0, 0.1) is 0 Å². The molecule has 0 spiro atoms. The molecule has 2 aliphatic rings. The third kappa shape index (κ3) is 16.2. The summed E-state index contributed by atoms with van der Waals surface area (Å²) in [7, 11) is 0. The number of carbonyl (C=O) groups excluding carboxylic acids is 1. The van der Waals surface area contributed by atoms with Crippen LogP contribution in [-0.4, -0.2) is 69.1 Å². The molecule has 1 saturated heterocycles. The number of unbranched alkanes of at least 4 members (excludes halogenated alkanes) is 13. The van der Waals surface area contributed by atoms with Crippen LogP contribution in [0.5, 0.6) is 0 Å². The molecule has 0 aliphatic carbocycles. The van der Waals surface area contributed by atoms with Gasteiger partial charge in [0.05, 0.1) is 36.6 Å². The predicted molar refractivity (Wildman–Crippen MR) is 168 cm³/mol. The van der Waals surface area contributed by atoms with Gasteiger partial charge in [-0.1, -0.05) is 103 Å². The van der Waals surface area contributed by atoms with E-state index in [1.54, 1.807) is 6.08 Å². The second-order valence-electron chi connectivity index (χ2n) is 13.1. The fourth-order valence-electron chi connectivity index (χ4n) is 6.40. The molecule has 7 heteroatoms. The fraction of sp³-hybridized carbons (Fsp3) is 0.914. The normalized spacial score (nSPS) is 23.5. The third-order valence-corrected chi connectivity index (χ3v) is 9.11. The molecular weight excluding hydrogens is 532 g/mol. The Kier molecular flexibility index (Phi) is 19.9. The molecular formula is C35H64O7. The molecule has 2 aliphatic heterocycles. The van der Waals surface area contributed by atoms with Gasteiger partial charge in [0.15, 0.2) is 0 Å². The van der Waals surface area contributed by atoms with Crippen molar-refractivity contribution in [3.63, 3.8) is 0 Å². The maximum atomic E-state index is 11.6. The van der Waals surface area contributed by atoms with Gasteiger partial charge in [-0.2, -0.15) is 0 Å². The van der Waals surface area contributed by atoms with E-state index in [0.717, 1.165) is 64.2 Å². The quantitative estimate of drug-likeness (QED) is 0.0624. The van der Waals surface area contributed by atoms with Crippen molar-refractivity contribution >= 4 is 5.97 Å². The van der Waals surface area contributed by atoms with E-state index in [0.29, 0.717) is 31.3 Å². The summed E-state index contributed by atoms with van der Waals surface area (Å²) in [6.07, 6.45) is 22.3. The molecule has 42 heavy (non-hydrogen) atoms. The van der Waals surface area contributed by atoms with Crippen LogP contribution >= 0.6 is 0 Å². The highest BCUT2D eigenvalue weighted by molar-refractivity contribution is 5.90. The van der Waals surface area contributed by atoms with Gasteiger partial charge in [0.25, 0.3) is 0 Å². The van der Waals surface area contributed by atoms with Crippen LogP contribution in [0.1, 0.15) is 162 Å². The zero-order valence-corrected chi connectivity index (χ0v) is 26.9. The van der Waals surface area contributed by atoms with E-state index in [1.165, 1.54) is 57.8 Å². The van der Waals surface area contributed by atoms with Gasteiger partial charge in [-0.3, -0.25) is 0 Å². The van der Waals surface area contributed by atoms with Crippen molar-refractivity contribution in [1.29, 1.82) is 0 Å². The number of rotatable bonds is 26. The van der Waals surface area contributed by atoms with E-state index < -0.39 is 24.4 Å². The lowest BCUT2D eigenvalue weighted by atomic mass is 9.98. The van der Waals surface area contributed by atoms with Gasteiger partial charge in [-0.05, 0) is 57.9 Å². The molecule has 0 saturated carbocycles. The van der Waals surface area contributed by atoms with E-state index >= 15 is 0 Å². The summed E-state index contributed by atoms with van der Waals surface area (Å²) in [5.41, 5.74) is 0.589. The molecule has 0 aromatic carbocycles. The lowest BCUT2D eigenvalue weighted by Gasteiger charge is -2.23. The second-order valence-corrected chi connectivity index (χ2v) is 13.1. The molecule has 0 amide bonds. The van der Waals surface area contributed by atoms with Crippen molar-refractivity contribution in [1.82, 2.24) is 0 Å². The van der Waals surface area contributed by atoms with Crippen LogP contribution in [0.4, 0.5) is 0 Å². The summed E-state index contributed by atoms with van der Waals surface area (Å²) in [4.78, 5) is 11.6. The molecule has 0 aromatic rings. The molecule has 2 heterocycles. The number of hydrogen-bond acceptors (Lipinski definition) is 7. The van der Waals surface area contributed by atoms with Gasteiger partial charge in [0.1, 0.15) is 6.10 Å². The highest BCUT2D eigenvalue weighted by Gasteiger charge is 2.34. The molecule has 0 unspecified atom stereocenters. The predicted octanol–water partition coefficient (Wildman–Crippen LogP) is 7.06. The van der Waals surface area contributed by atoms with E-state index in [4.69, 9.17) is 9.47 Å². The average Bonchev–Trinajstić information content (AvgIpc) is 3.58. The Hall–Kier alpha value is -0.990. The molecule has 0 radical (unpaired) electrons. The largest absolute Gasteiger partial charge is 0.455 e. The van der Waals surface area contributed by atoms with Crippen LogP contribution in [0.3, 0.4) is 0 Å². The molecule has 1 fully saturated rings. The zero-order valence-electron chi connectivity index (χ0n) is 26.9. The monoisotopic (exact) mass is 596 g/mol. The SMILES string of the molecule is CCCCCCCCCCCC[C@H](O)[C@H]1CC[C@H]([C@H](O)CC[C@H](O)CCCCCCC[C@@H](O)CC2=C[C@H](C)OC2=O)O1. The smallest absolute Gasteiger partial charge is 0.334 e. The first-order valence-electron chi connectivity index (χ1n) is 17.6. The van der Waals surface area contributed by atoms with Crippen molar-refractivity contribution in [2.45, 2.75) is 204 Å². The summed E-state index contributed by atoms with van der Waals surface area (Å²) in [6, 6.07) is 0. The third-order valence-electron chi connectivity index (χ3n) is 9.11. The van der Waals surface area contributed by atoms with Crippen LogP contribution < -0.4 is 0 Å². The van der Waals surface area contributed by atoms with Gasteiger partial charge >= 0.3 is 5.97 Å². The Bertz CT molecular complexity index is 726. The lowest BCUT2D eigenvalue weighted by Crippen LogP contribution is -2.31. The van der Waals surface area contributed by atoms with Crippen molar-refractivity contribution in [3.05, 3.63) is 11.6 Å². The number of carbonyl (C=O) groups is 1. The number of aliphatic hydroxyl groups excluding tert-OH is 4. The maximum Gasteiger partial charge on any atom is 0.334 e. The fourth-order valence-corrected chi connectivity index (χ4v) is 6.40. The minimum absolute atomic E-state index is 0.172. The Morgan fingerprint density at radius 2 is 1.14 bits per heavy atom. The molecule has 7 nitrogen and oxygen atoms in total. The van der Waals surface area contributed by atoms with E-state index in [2.05, 4.69) is 6.92 Å². The standard InChI is InChI=1S/C35H64O7/c1-3-4-5-6-7-8-9-10-14-17-20-31(38)33-23-24-34(42-33)32(39)22-21-29(36)18-15-12-11-13-16-19-30(37)26-28-25-27(2)41-35(28)40/h25,27,29-34,36-39H,3-24,26H2,1-2H3/t27-,29+,30+,31-,32+,33+,34+/m0/s1. The first-order valence-corrected chi connectivity index (χ1v) is 17.6. The van der Waals surface area contributed by atoms with Gasteiger partial charge in [0.2, 0.25) is 0 Å². The molecule has 4 N–H and O–H groups in total. The Labute approximate surface area is 256 Å². The molecule has 7 atom stereocenters. The summed E-state index contributed by atoms with van der Waals surface area (Å²) >= 11 is 0. The summed E-state index contributed by atoms with van der Waals surface area (Å²) in [6.45, 7) is 4.07. The number of cyclic esters (lactones) is 1. The Balaban J connectivity index is 1.42. The van der Waals surface area contributed by atoms with Crippen LogP contribution in [-0.2, 0) is 14.3 Å². The minimum atomic E-state index is -0.592. The van der Waals surface area contributed by atoms with E-state index in [-0.39, 0.29) is 24.3 Å². The Morgan fingerprint density at radius 3 is 1.67 bits per heavy atom. The molecule has 2 rings (SSSR count). The van der Waals surface area contributed by atoms with Crippen molar-refractivity contribution in [2.24, 2.45) is 0 Å². The van der Waals surface area contributed by atoms with Gasteiger partial charge in [0, 0.05) is 12.0 Å². The van der Waals surface area contributed by atoms with Crippen molar-refractivity contribution in [3.8, 4) is 0 Å². The topological polar surface area (TPSA) is 116 Å². The summed E-state index contributed by atoms with van der Waals surface area (Å²) < 4.78 is 11.1. The average molecular weight is 597 g/mol. The Morgan fingerprint density at radius 1 is 0.667 bits per heavy atom. The minimum Gasteiger partial charge on any atom is -0.455 e. The van der Waals surface area contributed by atoms with Gasteiger partial charge < -0.3 is 29.9 Å². The summed E-state index contributed by atoms with van der Waals surface area (Å²) in [5.74, 6) is -0.304. The number of hydrogen-bond donors (Lipinski definition) is 4. The van der Waals surface area contributed by atoms with Crippen LogP contribution in [0.15, 0.2) is 11.6 Å². The van der Waals surface area contributed by atoms with Crippen LogP contribution in [0.25, 0.3) is 0 Å². The van der Waals surface area contributed by atoms with Crippen molar-refractivity contribution < 1.29 is 34.7 Å². The maximum absolute atomic E-state index is 11.6. The number of esters is 1. The number of ether oxygens (including phenoxy) is 2. The van der Waals surface area contributed by atoms with Gasteiger partial charge in [-0.15, -0.1) is 0 Å². The second kappa shape index (κ2) is 22.5. The number of aliphatic hydroxyl groups is 4. The van der Waals surface area contributed by atoms with E-state index in [1.807, 2.05) is 6.92 Å². The first kappa shape index (κ1) is 37.2. The van der Waals surface area contributed by atoms with Crippen molar-refractivity contribution in [2.75, 3.05) is 0 Å². The van der Waals surface area contributed by atoms with E-state index in [9.17, 15) is 25.2 Å². The first-order chi connectivity index (χ1) is 20.3. The van der Waals surface area contributed by atoms with Crippen LogP contribution in [0.2, 0.25) is 0 Å². The summed E-state index contributed by atoms with van der Waals surface area (Å²) in [5, 5.41) is 41.8. The highest BCUT2D eigenvalue weighted by atomic mass is 16.5. The van der Waals surface area contributed by atoms with Gasteiger partial charge in [-0.25, -0.2) is 4.79 Å².